The molecule has 34 heavy (non-hydrogen) atoms. The van der Waals surface area contributed by atoms with Crippen LogP contribution in [0.3, 0.4) is 0 Å². The molecule has 1 saturated heterocycles. The Morgan fingerprint density at radius 3 is 2.82 bits per heavy atom. The molecule has 1 aromatic carbocycles. The Labute approximate surface area is 200 Å². The Bertz CT molecular complexity index is 1350. The first-order valence-electron chi connectivity index (χ1n) is 11.1. The summed E-state index contributed by atoms with van der Waals surface area (Å²) < 4.78 is 9.09. The summed E-state index contributed by atoms with van der Waals surface area (Å²) in [6.45, 7) is 1.52. The molecule has 3 aromatic heterocycles. The van der Waals surface area contributed by atoms with Gasteiger partial charge in [0.05, 0.1) is 19.2 Å². The van der Waals surface area contributed by atoms with Crippen LogP contribution in [0.15, 0.2) is 70.9 Å². The molecule has 9 nitrogen and oxygen atoms in total. The summed E-state index contributed by atoms with van der Waals surface area (Å²) in [5, 5.41) is 12.3. The van der Waals surface area contributed by atoms with Crippen molar-refractivity contribution in [2.24, 2.45) is 0 Å². The third kappa shape index (κ3) is 4.87. The van der Waals surface area contributed by atoms with Crippen molar-refractivity contribution in [3.8, 4) is 0 Å². The number of ether oxygens (including phenoxy) is 1. The van der Waals surface area contributed by atoms with Crippen LogP contribution in [0.2, 0.25) is 0 Å². The minimum absolute atomic E-state index is 0.0224. The van der Waals surface area contributed by atoms with Crippen LogP contribution in [0.4, 0.5) is 0 Å². The minimum atomic E-state index is -0.501. The molecule has 1 fully saturated rings. The lowest BCUT2D eigenvalue weighted by atomic mass is 10.2. The lowest BCUT2D eigenvalue weighted by Gasteiger charge is -2.12. The van der Waals surface area contributed by atoms with E-state index in [-0.39, 0.29) is 18.2 Å². The van der Waals surface area contributed by atoms with E-state index in [1.807, 2.05) is 34.9 Å². The van der Waals surface area contributed by atoms with Gasteiger partial charge in [-0.15, -0.1) is 10.2 Å². The molecule has 4 aromatic rings. The number of carbonyl (C=O) groups is 1. The molecule has 0 bridgehead atoms. The molecule has 1 atom stereocenters. The van der Waals surface area contributed by atoms with Gasteiger partial charge in [-0.05, 0) is 30.5 Å². The molecule has 174 valence electrons. The molecule has 0 aliphatic carbocycles. The zero-order valence-electron chi connectivity index (χ0n) is 18.5. The van der Waals surface area contributed by atoms with E-state index in [1.54, 1.807) is 36.2 Å². The van der Waals surface area contributed by atoms with Crippen LogP contribution in [0.1, 0.15) is 34.6 Å². The molecule has 5 rings (SSSR count). The second-order valence-electron chi connectivity index (χ2n) is 8.01. The van der Waals surface area contributed by atoms with E-state index in [1.165, 1.54) is 10.6 Å². The van der Waals surface area contributed by atoms with Crippen LogP contribution in [0.25, 0.3) is 5.65 Å². The van der Waals surface area contributed by atoms with Crippen LogP contribution in [-0.2, 0) is 17.8 Å². The number of thioether (sulfide) groups is 1. The molecule has 1 aliphatic heterocycles. The molecule has 10 heteroatoms. The predicted octanol–water partition coefficient (Wildman–Crippen LogP) is 2.54. The van der Waals surface area contributed by atoms with E-state index in [4.69, 9.17) is 4.74 Å². The average molecular weight is 477 g/mol. The summed E-state index contributed by atoms with van der Waals surface area (Å²) in [7, 11) is 0. The number of carbonyl (C=O) groups excluding carboxylic acids is 1. The minimum Gasteiger partial charge on any atom is -0.377 e. The fourth-order valence-corrected chi connectivity index (χ4v) is 4.88. The number of aromatic nitrogens is 5. The Kier molecular flexibility index (Phi) is 6.68. The van der Waals surface area contributed by atoms with Crippen molar-refractivity contribution in [1.82, 2.24) is 29.5 Å². The Hall–Kier alpha value is -3.50. The smallest absolute Gasteiger partial charge is 0.270 e. The Morgan fingerprint density at radius 1 is 1.15 bits per heavy atom. The van der Waals surface area contributed by atoms with Crippen molar-refractivity contribution in [3.63, 3.8) is 0 Å². The van der Waals surface area contributed by atoms with Gasteiger partial charge in [0.1, 0.15) is 11.2 Å². The predicted molar refractivity (Wildman–Crippen MR) is 128 cm³/mol. The monoisotopic (exact) mass is 476 g/mol. The zero-order valence-corrected chi connectivity index (χ0v) is 19.3. The number of hydrogen-bond acceptors (Lipinski definition) is 7. The highest BCUT2D eigenvalue weighted by molar-refractivity contribution is 7.99. The molecule has 0 radical (unpaired) electrons. The van der Waals surface area contributed by atoms with Crippen LogP contribution in [0.5, 0.6) is 0 Å². The first-order valence-corrected chi connectivity index (χ1v) is 12.1. The standard InChI is InChI=1S/C24H24N6O3S/c31-22(19-13-25-20-10-4-5-11-29(20)23(19)32)26-14-21-27-28-24(34-16-18-9-6-12-33-18)30(21)15-17-7-2-1-3-8-17/h1-5,7-8,10-11,13,18H,6,9,12,14-16H2,(H,26,31)/t18-/m1/s1. The van der Waals surface area contributed by atoms with E-state index in [9.17, 15) is 9.59 Å². The van der Waals surface area contributed by atoms with E-state index in [2.05, 4.69) is 20.5 Å². The lowest BCUT2D eigenvalue weighted by molar-refractivity contribution is 0.0947. The maximum atomic E-state index is 12.8. The summed E-state index contributed by atoms with van der Waals surface area (Å²) in [6.07, 6.45) is 5.27. The second-order valence-corrected chi connectivity index (χ2v) is 8.99. The molecular formula is C24H24N6O3S. The quantitative estimate of drug-likeness (QED) is 0.390. The summed E-state index contributed by atoms with van der Waals surface area (Å²) in [4.78, 5) is 29.7. The van der Waals surface area contributed by atoms with Crippen LogP contribution < -0.4 is 10.9 Å². The highest BCUT2D eigenvalue weighted by Crippen LogP contribution is 2.24. The number of nitrogens with one attached hydrogen (secondary N) is 1. The SMILES string of the molecule is O=C(NCc1nnc(SC[C@H]2CCCO2)n1Cc1ccccc1)c1cnc2ccccn2c1=O. The van der Waals surface area contributed by atoms with Crippen molar-refractivity contribution >= 4 is 23.3 Å². The highest BCUT2D eigenvalue weighted by Gasteiger charge is 2.20. The first kappa shape index (κ1) is 22.3. The number of benzene rings is 1. The number of amides is 1. The molecule has 1 N–H and O–H groups in total. The summed E-state index contributed by atoms with van der Waals surface area (Å²) in [5.41, 5.74) is 1.15. The molecule has 1 aliphatic rings. The molecule has 0 unspecified atom stereocenters. The van der Waals surface area contributed by atoms with Crippen LogP contribution in [-0.4, -0.2) is 48.5 Å². The van der Waals surface area contributed by atoms with Gasteiger partial charge in [0.15, 0.2) is 11.0 Å². The van der Waals surface area contributed by atoms with Gasteiger partial charge in [0.25, 0.3) is 11.5 Å². The van der Waals surface area contributed by atoms with Gasteiger partial charge in [-0.3, -0.25) is 14.0 Å². The van der Waals surface area contributed by atoms with E-state index < -0.39 is 11.5 Å². The third-order valence-electron chi connectivity index (χ3n) is 5.66. The maximum Gasteiger partial charge on any atom is 0.270 e. The van der Waals surface area contributed by atoms with Gasteiger partial charge in [0, 0.05) is 24.8 Å². The fourth-order valence-electron chi connectivity index (χ4n) is 3.86. The van der Waals surface area contributed by atoms with Crippen LogP contribution >= 0.6 is 11.8 Å². The van der Waals surface area contributed by atoms with E-state index in [0.717, 1.165) is 35.9 Å². The largest absolute Gasteiger partial charge is 0.377 e. The van der Waals surface area contributed by atoms with Gasteiger partial charge in [-0.25, -0.2) is 4.98 Å². The number of nitrogens with zero attached hydrogens (tertiary/aromatic N) is 5. The van der Waals surface area contributed by atoms with E-state index in [0.29, 0.717) is 18.0 Å². The Balaban J connectivity index is 1.34. The summed E-state index contributed by atoms with van der Waals surface area (Å²) in [5.74, 6) is 0.915. The Morgan fingerprint density at radius 2 is 2.00 bits per heavy atom. The highest BCUT2D eigenvalue weighted by atomic mass is 32.2. The lowest BCUT2D eigenvalue weighted by Crippen LogP contribution is -2.32. The third-order valence-corrected chi connectivity index (χ3v) is 6.76. The van der Waals surface area contributed by atoms with Crippen molar-refractivity contribution in [2.75, 3.05) is 12.4 Å². The van der Waals surface area contributed by atoms with Crippen molar-refractivity contribution < 1.29 is 9.53 Å². The number of pyridine rings is 1. The van der Waals surface area contributed by atoms with Gasteiger partial charge in [-0.2, -0.15) is 0 Å². The van der Waals surface area contributed by atoms with Crippen molar-refractivity contribution in [3.05, 3.63) is 88.2 Å². The molecule has 4 heterocycles. The van der Waals surface area contributed by atoms with Crippen LogP contribution in [0, 0.1) is 0 Å². The first-order chi connectivity index (χ1) is 16.7. The molecular weight excluding hydrogens is 452 g/mol. The average Bonchev–Trinajstić information content (AvgIpc) is 3.52. The van der Waals surface area contributed by atoms with Crippen molar-refractivity contribution in [1.29, 1.82) is 0 Å². The molecule has 0 saturated carbocycles. The summed E-state index contributed by atoms with van der Waals surface area (Å²) in [6, 6.07) is 15.2. The van der Waals surface area contributed by atoms with Gasteiger partial charge in [0.2, 0.25) is 0 Å². The van der Waals surface area contributed by atoms with Crippen molar-refractivity contribution in [2.45, 2.75) is 37.2 Å². The second kappa shape index (κ2) is 10.2. The maximum absolute atomic E-state index is 12.8. The number of rotatable bonds is 8. The zero-order chi connectivity index (χ0) is 23.3. The molecule has 0 spiro atoms. The fraction of sp³-hybridized carbons (Fsp3) is 0.292. The van der Waals surface area contributed by atoms with E-state index >= 15 is 0 Å². The van der Waals surface area contributed by atoms with Gasteiger partial charge in [-0.1, -0.05) is 48.2 Å². The normalized spacial score (nSPS) is 15.6. The van der Waals surface area contributed by atoms with Gasteiger partial charge >= 0.3 is 0 Å². The summed E-state index contributed by atoms with van der Waals surface area (Å²) >= 11 is 1.61. The number of hydrogen-bond donors (Lipinski definition) is 1. The number of fused-ring (bicyclic) bond motifs is 1. The molecule has 1 amide bonds. The topological polar surface area (TPSA) is 103 Å². The van der Waals surface area contributed by atoms with Gasteiger partial charge < -0.3 is 14.6 Å².